The molecule has 0 bridgehead atoms. The predicted molar refractivity (Wildman–Crippen MR) is 107 cm³/mol. The van der Waals surface area contributed by atoms with Gasteiger partial charge in [-0.15, -0.1) is 11.8 Å². The summed E-state index contributed by atoms with van der Waals surface area (Å²) in [6, 6.07) is 5.25. The number of aliphatic imine (C=N–C) groups is 1. The molecular formula is C18H24N4O4S. The van der Waals surface area contributed by atoms with Crippen molar-refractivity contribution in [2.24, 2.45) is 4.99 Å². The summed E-state index contributed by atoms with van der Waals surface area (Å²) in [5.41, 5.74) is 1.00. The lowest BCUT2D eigenvalue weighted by Gasteiger charge is -2.33. The van der Waals surface area contributed by atoms with E-state index in [0.29, 0.717) is 54.9 Å². The second-order valence-electron chi connectivity index (χ2n) is 5.89. The molecule has 1 unspecified atom stereocenters. The minimum Gasteiger partial charge on any atom is -0.493 e. The van der Waals surface area contributed by atoms with Crippen LogP contribution in [0.15, 0.2) is 35.0 Å². The molecule has 2 N–H and O–H groups in total. The maximum absolute atomic E-state index is 12.9. The van der Waals surface area contributed by atoms with Gasteiger partial charge in [-0.1, -0.05) is 0 Å². The van der Waals surface area contributed by atoms with Gasteiger partial charge in [-0.25, -0.2) is 4.99 Å². The van der Waals surface area contributed by atoms with Crippen LogP contribution < -0.4 is 20.1 Å². The summed E-state index contributed by atoms with van der Waals surface area (Å²) in [5, 5.41) is 6.06. The molecule has 1 saturated heterocycles. The number of methoxy groups -OCH3 is 2. The Kier molecular flexibility index (Phi) is 6.46. The second kappa shape index (κ2) is 9.01. The first-order valence-corrected chi connectivity index (χ1v) is 9.88. The molecule has 0 aliphatic carbocycles. The number of hydrogen-bond acceptors (Lipinski definition) is 8. The number of ether oxygens (including phenoxy) is 3. The Morgan fingerprint density at radius 1 is 1.30 bits per heavy atom. The monoisotopic (exact) mass is 392 g/mol. The number of anilines is 1. The lowest BCUT2D eigenvalue weighted by Crippen LogP contribution is -2.46. The lowest BCUT2D eigenvalue weighted by atomic mass is 10.1. The van der Waals surface area contributed by atoms with E-state index in [1.807, 2.05) is 6.26 Å². The van der Waals surface area contributed by atoms with Gasteiger partial charge in [0, 0.05) is 31.0 Å². The summed E-state index contributed by atoms with van der Waals surface area (Å²) in [6.45, 7) is 2.67. The molecule has 0 saturated carbocycles. The molecule has 8 nitrogen and oxygen atoms in total. The maximum atomic E-state index is 12.9. The molecule has 27 heavy (non-hydrogen) atoms. The van der Waals surface area contributed by atoms with Crippen LogP contribution in [0.25, 0.3) is 0 Å². The van der Waals surface area contributed by atoms with Gasteiger partial charge >= 0.3 is 0 Å². The summed E-state index contributed by atoms with van der Waals surface area (Å²) in [7, 11) is 3.13. The molecule has 9 heteroatoms. The van der Waals surface area contributed by atoms with Gasteiger partial charge < -0.3 is 29.7 Å². The van der Waals surface area contributed by atoms with Crippen molar-refractivity contribution >= 4 is 29.2 Å². The number of nitrogens with zero attached hydrogens (tertiary/aromatic N) is 2. The average Bonchev–Trinajstić information content (AvgIpc) is 2.73. The highest BCUT2D eigenvalue weighted by molar-refractivity contribution is 7.99. The quantitative estimate of drug-likeness (QED) is 0.786. The minimum absolute atomic E-state index is 0.111. The van der Waals surface area contributed by atoms with Crippen molar-refractivity contribution in [2.45, 2.75) is 5.50 Å². The fraction of sp³-hybridized carbons (Fsp3) is 0.444. The van der Waals surface area contributed by atoms with Crippen molar-refractivity contribution < 1.29 is 19.0 Å². The van der Waals surface area contributed by atoms with Crippen LogP contribution in [0.3, 0.4) is 0 Å². The molecule has 1 atom stereocenters. The molecule has 2 aliphatic rings. The van der Waals surface area contributed by atoms with Crippen molar-refractivity contribution in [3.8, 4) is 11.5 Å². The number of morpholine rings is 1. The SMILES string of the molecule is COc1ccc(NC(=O)C2=CNC(SC)N=C2N2CCOCC2)cc1OC. The molecule has 1 amide bonds. The minimum atomic E-state index is -0.237. The first-order chi connectivity index (χ1) is 13.2. The molecule has 1 aromatic rings. The average molecular weight is 392 g/mol. The highest BCUT2D eigenvalue weighted by Gasteiger charge is 2.27. The van der Waals surface area contributed by atoms with Gasteiger partial charge in [0.25, 0.3) is 5.91 Å². The van der Waals surface area contributed by atoms with Gasteiger partial charge in [0.15, 0.2) is 17.0 Å². The summed E-state index contributed by atoms with van der Waals surface area (Å²) >= 11 is 1.58. The van der Waals surface area contributed by atoms with E-state index in [1.165, 1.54) is 0 Å². The summed E-state index contributed by atoms with van der Waals surface area (Å²) < 4.78 is 16.0. The molecule has 1 fully saturated rings. The third-order valence-electron chi connectivity index (χ3n) is 4.27. The zero-order valence-electron chi connectivity index (χ0n) is 15.7. The van der Waals surface area contributed by atoms with Crippen LogP contribution >= 0.6 is 11.8 Å². The van der Waals surface area contributed by atoms with E-state index in [0.717, 1.165) is 0 Å². The maximum Gasteiger partial charge on any atom is 0.260 e. The molecule has 0 spiro atoms. The molecule has 0 radical (unpaired) electrons. The van der Waals surface area contributed by atoms with Crippen LogP contribution in [0.2, 0.25) is 0 Å². The number of amidine groups is 1. The molecule has 0 aromatic heterocycles. The Balaban J connectivity index is 1.79. The Hall–Kier alpha value is -2.39. The number of thioether (sulfide) groups is 1. The van der Waals surface area contributed by atoms with Crippen LogP contribution in [-0.2, 0) is 9.53 Å². The standard InChI is InChI=1S/C18H24N4O4S/c1-24-14-5-4-12(10-15(14)25-2)20-17(23)13-11-19-18(27-3)21-16(13)22-6-8-26-9-7-22/h4-5,10-11,18-19H,6-9H2,1-3H3,(H,20,23). The first-order valence-electron chi connectivity index (χ1n) is 8.59. The van der Waals surface area contributed by atoms with Crippen molar-refractivity contribution in [3.05, 3.63) is 30.0 Å². The van der Waals surface area contributed by atoms with Gasteiger partial charge in [-0.05, 0) is 18.4 Å². The Labute approximate surface area is 162 Å². The van der Waals surface area contributed by atoms with E-state index in [-0.39, 0.29) is 11.4 Å². The van der Waals surface area contributed by atoms with E-state index in [4.69, 9.17) is 19.2 Å². The van der Waals surface area contributed by atoms with Crippen LogP contribution in [0, 0.1) is 0 Å². The second-order valence-corrected chi connectivity index (χ2v) is 6.81. The number of rotatable bonds is 5. The van der Waals surface area contributed by atoms with Crippen LogP contribution in [0.4, 0.5) is 5.69 Å². The van der Waals surface area contributed by atoms with Gasteiger partial charge in [-0.3, -0.25) is 4.79 Å². The van der Waals surface area contributed by atoms with Gasteiger partial charge in [0.05, 0.1) is 33.0 Å². The molecule has 146 valence electrons. The summed E-state index contributed by atoms with van der Waals surface area (Å²) in [6.07, 6.45) is 3.70. The number of hydrogen-bond donors (Lipinski definition) is 2. The van der Waals surface area contributed by atoms with Gasteiger partial charge in [-0.2, -0.15) is 0 Å². The number of benzene rings is 1. The highest BCUT2D eigenvalue weighted by atomic mass is 32.2. The van der Waals surface area contributed by atoms with Crippen molar-refractivity contribution in [1.82, 2.24) is 10.2 Å². The summed E-state index contributed by atoms with van der Waals surface area (Å²) in [5.74, 6) is 1.61. The van der Waals surface area contributed by atoms with Crippen LogP contribution in [-0.4, -0.2) is 68.9 Å². The van der Waals surface area contributed by atoms with Gasteiger partial charge in [0.2, 0.25) is 0 Å². The predicted octanol–water partition coefficient (Wildman–Crippen LogP) is 1.51. The zero-order valence-corrected chi connectivity index (χ0v) is 16.5. The molecule has 2 heterocycles. The van der Waals surface area contributed by atoms with Crippen LogP contribution in [0.1, 0.15) is 0 Å². The Morgan fingerprint density at radius 3 is 2.70 bits per heavy atom. The topological polar surface area (TPSA) is 84.4 Å². The van der Waals surface area contributed by atoms with Crippen molar-refractivity contribution in [3.63, 3.8) is 0 Å². The largest absolute Gasteiger partial charge is 0.493 e. The molecule has 2 aliphatic heterocycles. The van der Waals surface area contributed by atoms with Crippen molar-refractivity contribution in [1.29, 1.82) is 0 Å². The number of carbonyl (C=O) groups excluding carboxylic acids is 1. The number of carbonyl (C=O) groups is 1. The van der Waals surface area contributed by atoms with E-state index in [1.54, 1.807) is 50.4 Å². The fourth-order valence-electron chi connectivity index (χ4n) is 2.86. The number of nitrogens with one attached hydrogen (secondary N) is 2. The lowest BCUT2D eigenvalue weighted by molar-refractivity contribution is -0.112. The smallest absolute Gasteiger partial charge is 0.260 e. The fourth-order valence-corrected chi connectivity index (χ4v) is 3.27. The van der Waals surface area contributed by atoms with E-state index < -0.39 is 0 Å². The zero-order chi connectivity index (χ0) is 19.2. The summed E-state index contributed by atoms with van der Waals surface area (Å²) in [4.78, 5) is 19.7. The Bertz CT molecular complexity index is 747. The van der Waals surface area contributed by atoms with Crippen LogP contribution in [0.5, 0.6) is 11.5 Å². The Morgan fingerprint density at radius 2 is 2.04 bits per heavy atom. The van der Waals surface area contributed by atoms with E-state index in [9.17, 15) is 4.79 Å². The molecule has 3 rings (SSSR count). The van der Waals surface area contributed by atoms with E-state index in [2.05, 4.69) is 15.5 Å². The highest BCUT2D eigenvalue weighted by Crippen LogP contribution is 2.30. The third kappa shape index (κ3) is 4.48. The number of amides is 1. The first kappa shape index (κ1) is 19.4. The van der Waals surface area contributed by atoms with E-state index >= 15 is 0 Å². The van der Waals surface area contributed by atoms with Gasteiger partial charge in [0.1, 0.15) is 5.84 Å². The third-order valence-corrected chi connectivity index (χ3v) is 4.96. The van der Waals surface area contributed by atoms with Crippen molar-refractivity contribution in [2.75, 3.05) is 52.1 Å². The normalized spacial score (nSPS) is 19.5. The molecular weight excluding hydrogens is 368 g/mol. The molecule has 1 aromatic carbocycles.